The molecule has 49 heavy (non-hydrogen) atoms. The number of ketones is 1. The van der Waals surface area contributed by atoms with Gasteiger partial charge in [0.05, 0.1) is 98.9 Å². The quantitative estimate of drug-likeness (QED) is 0.0591. The fourth-order valence-corrected chi connectivity index (χ4v) is 4.29. The molecule has 13 nitrogen and oxygen atoms in total. The molecule has 0 radical (unpaired) electrons. The van der Waals surface area contributed by atoms with Crippen LogP contribution in [0.2, 0.25) is 0 Å². The molecule has 0 saturated heterocycles. The Bertz CT molecular complexity index is 926. The van der Waals surface area contributed by atoms with E-state index >= 15 is 0 Å². The largest absolute Gasteiger partial charge is 0.491 e. The summed E-state index contributed by atoms with van der Waals surface area (Å²) < 4.78 is 48.7. The minimum atomic E-state index is -1.56. The average molecular weight is 701 g/mol. The first-order valence-corrected chi connectivity index (χ1v) is 17.7. The van der Waals surface area contributed by atoms with Crippen molar-refractivity contribution in [2.24, 2.45) is 0 Å². The molecule has 1 aromatic carbocycles. The molecule has 0 amide bonds. The molecule has 13 heteroatoms. The SMILES string of the molecule is CCCCCCCCCc1ccc(OCCOCCOCCOCCOCCOCCOCCOCCOC(=O)CCC(=O)C(=O)O)cc1. The summed E-state index contributed by atoms with van der Waals surface area (Å²) in [4.78, 5) is 32.7. The summed E-state index contributed by atoms with van der Waals surface area (Å²) in [7, 11) is 0. The van der Waals surface area contributed by atoms with Crippen LogP contribution in [-0.4, -0.2) is 129 Å². The van der Waals surface area contributed by atoms with Crippen molar-refractivity contribution in [3.63, 3.8) is 0 Å². The van der Waals surface area contributed by atoms with Crippen LogP contribution in [0, 0.1) is 0 Å². The zero-order valence-electron chi connectivity index (χ0n) is 29.5. The Labute approximate surface area is 292 Å². The summed E-state index contributed by atoms with van der Waals surface area (Å²) >= 11 is 0. The maximum atomic E-state index is 11.4. The number of carboxylic acids is 1. The Hall–Kier alpha value is -2.65. The van der Waals surface area contributed by atoms with Gasteiger partial charge in [-0.15, -0.1) is 0 Å². The van der Waals surface area contributed by atoms with E-state index in [0.717, 1.165) is 12.2 Å². The number of Topliss-reactive ketones (excluding diaryl/α,β-unsaturated/α-hetero) is 1. The number of ether oxygens (including phenoxy) is 9. The van der Waals surface area contributed by atoms with E-state index in [1.807, 2.05) is 12.1 Å². The lowest BCUT2D eigenvalue weighted by molar-refractivity contribution is -0.151. The first-order chi connectivity index (χ1) is 24.0. The monoisotopic (exact) mass is 700 g/mol. The normalized spacial score (nSPS) is 11.1. The van der Waals surface area contributed by atoms with Gasteiger partial charge in [0.15, 0.2) is 0 Å². The number of unbranched alkanes of at least 4 members (excludes halogenated alkanes) is 6. The van der Waals surface area contributed by atoms with Gasteiger partial charge in [0, 0.05) is 6.42 Å². The van der Waals surface area contributed by atoms with Crippen LogP contribution in [0.25, 0.3) is 0 Å². The molecule has 0 aliphatic rings. The summed E-state index contributed by atoms with van der Waals surface area (Å²) in [6, 6.07) is 8.39. The second-order valence-electron chi connectivity index (χ2n) is 11.1. The fraction of sp³-hybridized carbons (Fsp3) is 0.750. The molecular formula is C36H60O13. The van der Waals surface area contributed by atoms with Gasteiger partial charge in [0.1, 0.15) is 19.0 Å². The van der Waals surface area contributed by atoms with E-state index in [0.29, 0.717) is 92.5 Å². The van der Waals surface area contributed by atoms with Gasteiger partial charge in [-0.25, -0.2) is 4.79 Å². The number of rotatable bonds is 37. The lowest BCUT2D eigenvalue weighted by atomic mass is 10.0. The van der Waals surface area contributed by atoms with E-state index in [-0.39, 0.29) is 26.1 Å². The summed E-state index contributed by atoms with van der Waals surface area (Å²) in [5, 5.41) is 8.45. The van der Waals surface area contributed by atoms with Crippen LogP contribution in [-0.2, 0) is 58.7 Å². The van der Waals surface area contributed by atoms with Crippen molar-refractivity contribution in [3.8, 4) is 5.75 Å². The second-order valence-corrected chi connectivity index (χ2v) is 11.1. The second kappa shape index (κ2) is 33.8. The predicted molar refractivity (Wildman–Crippen MR) is 182 cm³/mol. The van der Waals surface area contributed by atoms with Crippen molar-refractivity contribution in [1.29, 1.82) is 0 Å². The number of benzene rings is 1. The summed E-state index contributed by atoms with van der Waals surface area (Å²) in [6.45, 7) is 8.82. The van der Waals surface area contributed by atoms with Crippen LogP contribution in [0.3, 0.4) is 0 Å². The van der Waals surface area contributed by atoms with Crippen LogP contribution in [0.5, 0.6) is 5.75 Å². The molecule has 0 fully saturated rings. The Morgan fingerprint density at radius 3 is 1.37 bits per heavy atom. The maximum Gasteiger partial charge on any atom is 0.372 e. The van der Waals surface area contributed by atoms with Gasteiger partial charge in [0.25, 0.3) is 0 Å². The Kier molecular flexibility index (Phi) is 30.6. The number of aryl methyl sites for hydroxylation is 1. The maximum absolute atomic E-state index is 11.4. The molecule has 0 aliphatic heterocycles. The van der Waals surface area contributed by atoms with E-state index in [4.69, 9.17) is 47.7 Å². The van der Waals surface area contributed by atoms with E-state index in [2.05, 4.69) is 19.1 Å². The minimum Gasteiger partial charge on any atom is -0.491 e. The number of hydrogen-bond donors (Lipinski definition) is 1. The number of carbonyl (C=O) groups is 3. The van der Waals surface area contributed by atoms with Crippen LogP contribution in [0.4, 0.5) is 0 Å². The highest BCUT2D eigenvalue weighted by Gasteiger charge is 2.14. The Morgan fingerprint density at radius 1 is 0.510 bits per heavy atom. The van der Waals surface area contributed by atoms with E-state index in [9.17, 15) is 14.4 Å². The van der Waals surface area contributed by atoms with Crippen LogP contribution >= 0.6 is 0 Å². The Balaban J connectivity index is 1.74. The lowest BCUT2D eigenvalue weighted by Gasteiger charge is -2.09. The molecule has 0 spiro atoms. The molecule has 0 bridgehead atoms. The van der Waals surface area contributed by atoms with Gasteiger partial charge in [-0.3, -0.25) is 9.59 Å². The standard InChI is InChI=1S/C36H60O13/c1-2-3-4-5-6-7-8-9-32-10-12-33(13-11-32)48-30-28-46-26-24-44-22-20-42-18-16-41-17-19-43-21-23-45-25-27-47-29-31-49-35(38)15-14-34(37)36(39)40/h10-13H,2-9,14-31H2,1H3,(H,39,40). The molecule has 0 saturated carbocycles. The van der Waals surface area contributed by atoms with Crippen molar-refractivity contribution in [1.82, 2.24) is 0 Å². The Morgan fingerprint density at radius 2 is 0.918 bits per heavy atom. The molecule has 0 aromatic heterocycles. The molecule has 1 aromatic rings. The van der Waals surface area contributed by atoms with Gasteiger partial charge in [-0.1, -0.05) is 57.6 Å². The van der Waals surface area contributed by atoms with Crippen molar-refractivity contribution in [2.75, 3.05) is 106 Å². The van der Waals surface area contributed by atoms with E-state index in [1.165, 1.54) is 50.5 Å². The van der Waals surface area contributed by atoms with Gasteiger partial charge in [-0.05, 0) is 30.5 Å². The number of carboxylic acid groups (broad SMARTS) is 1. The predicted octanol–water partition coefficient (Wildman–Crippen LogP) is 4.45. The van der Waals surface area contributed by atoms with Crippen molar-refractivity contribution in [3.05, 3.63) is 29.8 Å². The van der Waals surface area contributed by atoms with Gasteiger partial charge < -0.3 is 47.7 Å². The highest BCUT2D eigenvalue weighted by molar-refractivity contribution is 6.32. The first kappa shape index (κ1) is 44.4. The number of carbonyl (C=O) groups excluding carboxylic acids is 2. The fourth-order valence-electron chi connectivity index (χ4n) is 4.29. The van der Waals surface area contributed by atoms with Gasteiger partial charge in [-0.2, -0.15) is 0 Å². The summed E-state index contributed by atoms with van der Waals surface area (Å²) in [6.07, 6.45) is 9.78. The molecule has 1 rings (SSSR count). The molecule has 1 N–H and O–H groups in total. The average Bonchev–Trinajstić information content (AvgIpc) is 3.10. The number of hydrogen-bond acceptors (Lipinski definition) is 12. The smallest absolute Gasteiger partial charge is 0.372 e. The van der Waals surface area contributed by atoms with E-state index in [1.54, 1.807) is 0 Å². The van der Waals surface area contributed by atoms with Crippen LogP contribution in [0.15, 0.2) is 24.3 Å². The third-order valence-corrected chi connectivity index (χ3v) is 7.01. The molecule has 0 aliphatic carbocycles. The number of esters is 1. The topological polar surface area (TPSA) is 155 Å². The highest BCUT2D eigenvalue weighted by atomic mass is 16.6. The lowest BCUT2D eigenvalue weighted by Crippen LogP contribution is -2.17. The van der Waals surface area contributed by atoms with Crippen LogP contribution < -0.4 is 4.74 Å². The number of aliphatic carboxylic acids is 1. The molecule has 0 heterocycles. The third-order valence-electron chi connectivity index (χ3n) is 7.01. The first-order valence-electron chi connectivity index (χ1n) is 17.7. The zero-order valence-corrected chi connectivity index (χ0v) is 29.5. The highest BCUT2D eigenvalue weighted by Crippen LogP contribution is 2.15. The molecular weight excluding hydrogens is 640 g/mol. The third kappa shape index (κ3) is 29.9. The van der Waals surface area contributed by atoms with Crippen molar-refractivity contribution >= 4 is 17.7 Å². The van der Waals surface area contributed by atoms with Gasteiger partial charge >= 0.3 is 11.9 Å². The van der Waals surface area contributed by atoms with Crippen molar-refractivity contribution in [2.45, 2.75) is 71.1 Å². The summed E-state index contributed by atoms with van der Waals surface area (Å²) in [5.74, 6) is -2.36. The molecule has 0 unspecified atom stereocenters. The minimum absolute atomic E-state index is 0.0181. The van der Waals surface area contributed by atoms with Crippen LogP contribution in [0.1, 0.15) is 70.3 Å². The molecule has 0 atom stereocenters. The zero-order chi connectivity index (χ0) is 35.5. The van der Waals surface area contributed by atoms with Crippen molar-refractivity contribution < 1.29 is 62.1 Å². The summed E-state index contributed by atoms with van der Waals surface area (Å²) in [5.41, 5.74) is 1.37. The van der Waals surface area contributed by atoms with E-state index < -0.39 is 17.7 Å². The van der Waals surface area contributed by atoms with Gasteiger partial charge in [0.2, 0.25) is 5.78 Å². The molecule has 282 valence electrons.